The highest BCUT2D eigenvalue weighted by Gasteiger charge is 2.31. The lowest BCUT2D eigenvalue weighted by molar-refractivity contribution is -0.0456. The fourth-order valence-corrected chi connectivity index (χ4v) is 3.10. The molecule has 1 heterocycles. The van der Waals surface area contributed by atoms with E-state index in [1.165, 1.54) is 0 Å². The Morgan fingerprint density at radius 3 is 2.52 bits per heavy atom. The van der Waals surface area contributed by atoms with Crippen molar-refractivity contribution in [2.45, 2.75) is 30.4 Å². The molecule has 6 nitrogen and oxygen atoms in total. The molecule has 2 unspecified atom stereocenters. The van der Waals surface area contributed by atoms with Gasteiger partial charge in [0.1, 0.15) is 28.4 Å². The maximum absolute atomic E-state index is 11.6. The lowest BCUT2D eigenvalue weighted by atomic mass is 10.0. The van der Waals surface area contributed by atoms with E-state index in [2.05, 4.69) is 14.9 Å². The molecule has 0 radical (unpaired) electrons. The quantitative estimate of drug-likeness (QED) is 0.667. The van der Waals surface area contributed by atoms with Crippen molar-refractivity contribution >= 4 is 11.0 Å². The van der Waals surface area contributed by atoms with E-state index >= 15 is 0 Å². The molecule has 7 heteroatoms. The number of aliphatic hydroxyl groups is 1. The normalized spacial score (nSPS) is 19.3. The minimum atomic E-state index is -1.20. The predicted molar refractivity (Wildman–Crippen MR) is 91.9 cm³/mol. The van der Waals surface area contributed by atoms with Gasteiger partial charge in [-0.25, -0.2) is 8.93 Å². The van der Waals surface area contributed by atoms with Crippen LogP contribution >= 0.6 is 0 Å². The molecule has 130 valence electrons. The molecule has 1 saturated heterocycles. The van der Waals surface area contributed by atoms with E-state index in [0.717, 1.165) is 26.2 Å². The largest absolute Gasteiger partial charge is 0.485 e. The Labute approximate surface area is 140 Å². The molecule has 3 N–H and O–H groups in total. The minimum absolute atomic E-state index is 0.591. The summed E-state index contributed by atoms with van der Waals surface area (Å²) in [6.45, 7) is 8.17. The van der Waals surface area contributed by atoms with Crippen LogP contribution in [0.5, 0.6) is 5.75 Å². The number of β-amino-alcohol motifs (C(OH)–C–C–N with tert-alkyl or cyclic N) is 1. The van der Waals surface area contributed by atoms with Gasteiger partial charge in [0.15, 0.2) is 0 Å². The molecule has 1 fully saturated rings. The SMILES string of the molecule is CNS(=O)c1ccc(OC(C)(C)C(O)CN2CCNCC2)cc1. The van der Waals surface area contributed by atoms with E-state index in [1.54, 1.807) is 31.3 Å². The zero-order chi connectivity index (χ0) is 16.9. The van der Waals surface area contributed by atoms with E-state index in [9.17, 15) is 9.32 Å². The molecular formula is C16H27N3O3S. The molecule has 1 aliphatic rings. The summed E-state index contributed by atoms with van der Waals surface area (Å²) in [5, 5.41) is 13.8. The molecule has 0 aliphatic carbocycles. The topological polar surface area (TPSA) is 73.8 Å². The number of hydrogen-bond acceptors (Lipinski definition) is 5. The Balaban J connectivity index is 1.94. The fourth-order valence-electron chi connectivity index (χ4n) is 2.48. The van der Waals surface area contributed by atoms with Gasteiger partial charge in [0, 0.05) is 32.7 Å². The van der Waals surface area contributed by atoms with Crippen molar-refractivity contribution in [1.29, 1.82) is 0 Å². The summed E-state index contributed by atoms with van der Waals surface area (Å²) < 4.78 is 20.3. The summed E-state index contributed by atoms with van der Waals surface area (Å²) in [7, 11) is 0.446. The van der Waals surface area contributed by atoms with Crippen LogP contribution in [0.1, 0.15) is 13.8 Å². The van der Waals surface area contributed by atoms with Gasteiger partial charge < -0.3 is 15.2 Å². The van der Waals surface area contributed by atoms with Crippen molar-refractivity contribution in [1.82, 2.24) is 14.9 Å². The van der Waals surface area contributed by atoms with Crippen molar-refractivity contribution in [3.05, 3.63) is 24.3 Å². The molecule has 2 atom stereocenters. The summed E-state index contributed by atoms with van der Waals surface area (Å²) >= 11 is 0. The molecule has 2 rings (SSSR count). The number of piperazine rings is 1. The van der Waals surface area contributed by atoms with Crippen LogP contribution in [0.3, 0.4) is 0 Å². The van der Waals surface area contributed by atoms with Gasteiger partial charge in [-0.15, -0.1) is 0 Å². The van der Waals surface area contributed by atoms with Crippen LogP contribution in [-0.4, -0.2) is 65.7 Å². The third-order valence-corrected chi connectivity index (χ3v) is 5.12. The van der Waals surface area contributed by atoms with E-state index in [1.807, 2.05) is 13.8 Å². The van der Waals surface area contributed by atoms with Gasteiger partial charge in [-0.1, -0.05) is 0 Å². The number of aliphatic hydroxyl groups excluding tert-OH is 1. The third kappa shape index (κ3) is 5.26. The second-order valence-corrected chi connectivity index (χ2v) is 7.63. The highest BCUT2D eigenvalue weighted by molar-refractivity contribution is 7.83. The van der Waals surface area contributed by atoms with Gasteiger partial charge >= 0.3 is 0 Å². The van der Waals surface area contributed by atoms with E-state index < -0.39 is 22.7 Å². The van der Waals surface area contributed by atoms with Crippen molar-refractivity contribution < 1.29 is 14.1 Å². The number of ether oxygens (including phenoxy) is 1. The van der Waals surface area contributed by atoms with Crippen LogP contribution in [0.15, 0.2) is 29.2 Å². The van der Waals surface area contributed by atoms with E-state index in [4.69, 9.17) is 4.74 Å². The molecule has 0 saturated carbocycles. The molecule has 0 aromatic heterocycles. The molecule has 0 amide bonds. The Hall–Kier alpha value is -0.990. The van der Waals surface area contributed by atoms with Crippen LogP contribution < -0.4 is 14.8 Å². The second kappa shape index (κ2) is 8.21. The predicted octanol–water partition coefficient (Wildman–Crippen LogP) is 0.352. The van der Waals surface area contributed by atoms with Crippen LogP contribution in [0.4, 0.5) is 0 Å². The molecule has 0 bridgehead atoms. The first-order valence-electron chi connectivity index (χ1n) is 7.92. The molecule has 23 heavy (non-hydrogen) atoms. The highest BCUT2D eigenvalue weighted by Crippen LogP contribution is 2.23. The van der Waals surface area contributed by atoms with Crippen molar-refractivity contribution in [3.63, 3.8) is 0 Å². The summed E-state index contributed by atoms with van der Waals surface area (Å²) in [5.41, 5.74) is -0.700. The molecule has 0 spiro atoms. The lowest BCUT2D eigenvalue weighted by Crippen LogP contribution is -2.52. The third-order valence-electron chi connectivity index (χ3n) is 4.05. The fraction of sp³-hybridized carbons (Fsp3) is 0.625. The van der Waals surface area contributed by atoms with Crippen molar-refractivity contribution in [3.8, 4) is 5.75 Å². The van der Waals surface area contributed by atoms with Gasteiger partial charge in [0.2, 0.25) is 0 Å². The maximum Gasteiger partial charge on any atom is 0.130 e. The number of benzene rings is 1. The summed E-state index contributed by atoms with van der Waals surface area (Å²) in [6, 6.07) is 7.09. The number of nitrogens with one attached hydrogen (secondary N) is 2. The van der Waals surface area contributed by atoms with Gasteiger partial charge in [-0.05, 0) is 45.2 Å². The molecule has 1 aromatic carbocycles. The number of nitrogens with zero attached hydrogens (tertiary/aromatic N) is 1. The van der Waals surface area contributed by atoms with Crippen LogP contribution in [-0.2, 0) is 11.0 Å². The smallest absolute Gasteiger partial charge is 0.130 e. The number of hydrogen-bond donors (Lipinski definition) is 3. The lowest BCUT2D eigenvalue weighted by Gasteiger charge is -2.36. The van der Waals surface area contributed by atoms with Gasteiger partial charge in [0.05, 0.1) is 4.90 Å². The van der Waals surface area contributed by atoms with Gasteiger partial charge in [-0.2, -0.15) is 0 Å². The molecular weight excluding hydrogens is 314 g/mol. The molecule has 1 aromatic rings. The van der Waals surface area contributed by atoms with Crippen LogP contribution in [0.25, 0.3) is 0 Å². The summed E-state index contributed by atoms with van der Waals surface area (Å²) in [4.78, 5) is 2.94. The average Bonchev–Trinajstić information content (AvgIpc) is 2.55. The van der Waals surface area contributed by atoms with E-state index in [0.29, 0.717) is 17.2 Å². The van der Waals surface area contributed by atoms with Crippen LogP contribution in [0, 0.1) is 0 Å². The Kier molecular flexibility index (Phi) is 6.55. The standard InChI is InChI=1S/C16H27N3O3S/c1-16(2,15(20)12-19-10-8-18-9-11-19)22-13-4-6-14(7-5-13)23(21)17-3/h4-7,15,17-18,20H,8-12H2,1-3H3. The average molecular weight is 341 g/mol. The first-order chi connectivity index (χ1) is 10.9. The number of rotatable bonds is 7. The van der Waals surface area contributed by atoms with Crippen molar-refractivity contribution in [2.75, 3.05) is 39.8 Å². The zero-order valence-corrected chi connectivity index (χ0v) is 14.9. The monoisotopic (exact) mass is 341 g/mol. The Bertz CT molecular complexity index is 516. The zero-order valence-electron chi connectivity index (χ0n) is 14.0. The minimum Gasteiger partial charge on any atom is -0.485 e. The Morgan fingerprint density at radius 2 is 1.96 bits per heavy atom. The molecule has 1 aliphatic heterocycles. The van der Waals surface area contributed by atoms with Gasteiger partial charge in [0.25, 0.3) is 0 Å². The first-order valence-corrected chi connectivity index (χ1v) is 9.07. The highest BCUT2D eigenvalue weighted by atomic mass is 32.2. The summed E-state index contributed by atoms with van der Waals surface area (Å²) in [5.74, 6) is 0.659. The van der Waals surface area contributed by atoms with E-state index in [-0.39, 0.29) is 0 Å². The van der Waals surface area contributed by atoms with Gasteiger partial charge in [-0.3, -0.25) is 4.90 Å². The maximum atomic E-state index is 11.6. The Morgan fingerprint density at radius 1 is 1.35 bits per heavy atom. The first kappa shape index (κ1) is 18.4. The second-order valence-electron chi connectivity index (χ2n) is 6.22. The van der Waals surface area contributed by atoms with Crippen LogP contribution in [0.2, 0.25) is 0 Å². The summed E-state index contributed by atoms with van der Waals surface area (Å²) in [6.07, 6.45) is -0.591. The van der Waals surface area contributed by atoms with Crippen molar-refractivity contribution in [2.24, 2.45) is 0 Å².